The van der Waals surface area contributed by atoms with Crippen molar-refractivity contribution in [3.8, 4) is 0 Å². The van der Waals surface area contributed by atoms with Gasteiger partial charge in [-0.2, -0.15) is 0 Å². The highest BCUT2D eigenvalue weighted by atomic mass is 16.1. The predicted octanol–water partition coefficient (Wildman–Crippen LogP) is 2.48. The summed E-state index contributed by atoms with van der Waals surface area (Å²) in [6.07, 6.45) is 2.02. The van der Waals surface area contributed by atoms with Crippen LogP contribution in [0.3, 0.4) is 0 Å². The molecule has 1 aromatic rings. The van der Waals surface area contributed by atoms with E-state index in [1.807, 2.05) is 6.07 Å². The smallest absolute Gasteiger partial charge is 0.248 e. The average Bonchev–Trinajstić information content (AvgIpc) is 2.25. The normalized spacial score (nSPS) is 21.3. The lowest BCUT2D eigenvalue weighted by Crippen LogP contribution is -2.47. The molecule has 17 heavy (non-hydrogen) atoms. The molecule has 1 aromatic heterocycles. The van der Waals surface area contributed by atoms with Crippen LogP contribution in [0.2, 0.25) is 0 Å². The molecule has 1 N–H and O–H groups in total. The topological polar surface area (TPSA) is 36.1 Å². The molecule has 3 nitrogen and oxygen atoms in total. The number of hydrogen-bond acceptors (Lipinski definition) is 2. The van der Waals surface area contributed by atoms with E-state index in [1.165, 1.54) is 5.56 Å². The summed E-state index contributed by atoms with van der Waals surface area (Å²) in [4.78, 5) is 16.9. The van der Waals surface area contributed by atoms with E-state index >= 15 is 0 Å². The zero-order valence-corrected chi connectivity index (χ0v) is 11.2. The van der Waals surface area contributed by atoms with Crippen LogP contribution in [-0.2, 0) is 6.42 Å². The summed E-state index contributed by atoms with van der Waals surface area (Å²) in [7, 11) is 0. The van der Waals surface area contributed by atoms with Gasteiger partial charge in [-0.3, -0.25) is 9.69 Å². The van der Waals surface area contributed by atoms with Gasteiger partial charge in [-0.15, -0.1) is 0 Å². The maximum atomic E-state index is 11.3. The van der Waals surface area contributed by atoms with Crippen molar-refractivity contribution in [3.63, 3.8) is 0 Å². The molecule has 94 valence electrons. The van der Waals surface area contributed by atoms with Crippen molar-refractivity contribution in [3.05, 3.63) is 33.7 Å². The van der Waals surface area contributed by atoms with Gasteiger partial charge in [0.15, 0.2) is 0 Å². The summed E-state index contributed by atoms with van der Waals surface area (Å²) >= 11 is 0. The second-order valence-electron chi connectivity index (χ2n) is 5.79. The third kappa shape index (κ3) is 2.29. The molecule has 0 fully saturated rings. The number of hydrogen-bond donors (Lipinski definition) is 1. The van der Waals surface area contributed by atoms with Crippen molar-refractivity contribution in [2.75, 3.05) is 6.54 Å². The lowest BCUT2D eigenvalue weighted by atomic mass is 9.90. The van der Waals surface area contributed by atoms with Crippen LogP contribution in [0.5, 0.6) is 0 Å². The average molecular weight is 234 g/mol. The summed E-state index contributed by atoms with van der Waals surface area (Å²) in [6.45, 7) is 10.0. The molecule has 0 amide bonds. The Morgan fingerprint density at radius 1 is 1.41 bits per heavy atom. The van der Waals surface area contributed by atoms with E-state index in [4.69, 9.17) is 0 Å². The van der Waals surface area contributed by atoms with Crippen LogP contribution in [0.15, 0.2) is 16.9 Å². The van der Waals surface area contributed by atoms with Gasteiger partial charge in [0.2, 0.25) is 5.56 Å². The molecule has 1 atom stereocenters. The Morgan fingerprint density at radius 3 is 2.71 bits per heavy atom. The Balaban J connectivity index is 2.43. The number of nitrogens with one attached hydrogen (secondary N) is 1. The van der Waals surface area contributed by atoms with Crippen molar-refractivity contribution in [1.29, 1.82) is 0 Å². The molecule has 0 aromatic carbocycles. The molecule has 3 heteroatoms. The Morgan fingerprint density at radius 2 is 2.12 bits per heavy atom. The SMILES string of the molecule is CCC1c2ccc(=O)[nH]c2CCN1C(C)(C)C. The zero-order chi connectivity index (χ0) is 12.6. The van der Waals surface area contributed by atoms with E-state index < -0.39 is 0 Å². The third-order valence-electron chi connectivity index (χ3n) is 3.62. The Kier molecular flexibility index (Phi) is 3.13. The Hall–Kier alpha value is -1.09. The second kappa shape index (κ2) is 4.30. The molecule has 1 unspecified atom stereocenters. The van der Waals surface area contributed by atoms with Gasteiger partial charge in [-0.05, 0) is 32.8 Å². The number of H-pyrrole nitrogens is 1. The van der Waals surface area contributed by atoms with Gasteiger partial charge in [0.1, 0.15) is 0 Å². The molecule has 0 saturated carbocycles. The van der Waals surface area contributed by atoms with Crippen molar-refractivity contribution in [1.82, 2.24) is 9.88 Å². The minimum absolute atomic E-state index is 0.0165. The van der Waals surface area contributed by atoms with Gasteiger partial charge < -0.3 is 4.98 Å². The van der Waals surface area contributed by atoms with Crippen LogP contribution < -0.4 is 5.56 Å². The molecule has 0 saturated heterocycles. The van der Waals surface area contributed by atoms with Gasteiger partial charge in [0.05, 0.1) is 0 Å². The van der Waals surface area contributed by atoms with E-state index in [2.05, 4.69) is 37.6 Å². The lowest BCUT2D eigenvalue weighted by Gasteiger charge is -2.45. The second-order valence-corrected chi connectivity index (χ2v) is 5.79. The molecular formula is C14H22N2O. The maximum absolute atomic E-state index is 11.3. The van der Waals surface area contributed by atoms with Crippen molar-refractivity contribution < 1.29 is 0 Å². The fourth-order valence-corrected chi connectivity index (χ4v) is 2.85. The predicted molar refractivity (Wildman–Crippen MR) is 70.3 cm³/mol. The molecule has 0 aliphatic carbocycles. The fraction of sp³-hybridized carbons (Fsp3) is 0.643. The van der Waals surface area contributed by atoms with Crippen LogP contribution in [0.1, 0.15) is 51.4 Å². The van der Waals surface area contributed by atoms with Gasteiger partial charge in [0, 0.05) is 36.3 Å². The zero-order valence-electron chi connectivity index (χ0n) is 11.2. The molecule has 0 radical (unpaired) electrons. The first-order chi connectivity index (χ1) is 7.93. The summed E-state index contributed by atoms with van der Waals surface area (Å²) < 4.78 is 0. The largest absolute Gasteiger partial charge is 0.326 e. The first-order valence-corrected chi connectivity index (χ1v) is 6.42. The van der Waals surface area contributed by atoms with Crippen molar-refractivity contribution in [2.45, 2.75) is 52.1 Å². The molecule has 0 spiro atoms. The van der Waals surface area contributed by atoms with Crippen LogP contribution in [0.4, 0.5) is 0 Å². The van der Waals surface area contributed by atoms with E-state index in [9.17, 15) is 4.79 Å². The molecule has 0 bridgehead atoms. The number of pyridine rings is 1. The van der Waals surface area contributed by atoms with Crippen LogP contribution in [0.25, 0.3) is 0 Å². The highest BCUT2D eigenvalue weighted by molar-refractivity contribution is 5.27. The summed E-state index contributed by atoms with van der Waals surface area (Å²) in [5.74, 6) is 0. The quantitative estimate of drug-likeness (QED) is 0.810. The first-order valence-electron chi connectivity index (χ1n) is 6.42. The van der Waals surface area contributed by atoms with Crippen molar-refractivity contribution in [2.24, 2.45) is 0 Å². The standard InChI is InChI=1S/C14H22N2O/c1-5-12-10-6-7-13(17)15-11(10)8-9-16(12)14(2,3)4/h6-7,12H,5,8-9H2,1-4H3,(H,15,17). The molecule has 2 heterocycles. The van der Waals surface area contributed by atoms with E-state index in [1.54, 1.807) is 6.07 Å². The molecule has 2 rings (SSSR count). The van der Waals surface area contributed by atoms with E-state index in [0.717, 1.165) is 25.1 Å². The van der Waals surface area contributed by atoms with Gasteiger partial charge in [-0.1, -0.05) is 13.0 Å². The summed E-state index contributed by atoms with van der Waals surface area (Å²) in [5.41, 5.74) is 2.62. The molecule has 1 aliphatic heterocycles. The highest BCUT2D eigenvalue weighted by Gasteiger charge is 2.33. The molecular weight excluding hydrogens is 212 g/mol. The van der Waals surface area contributed by atoms with Crippen LogP contribution in [-0.4, -0.2) is 22.0 Å². The number of aromatic amines is 1. The summed E-state index contributed by atoms with van der Waals surface area (Å²) in [5, 5.41) is 0. The van der Waals surface area contributed by atoms with Crippen LogP contribution >= 0.6 is 0 Å². The van der Waals surface area contributed by atoms with Crippen LogP contribution in [0, 0.1) is 0 Å². The Labute approximate surface area is 103 Å². The number of fused-ring (bicyclic) bond motifs is 1. The number of nitrogens with zero attached hydrogens (tertiary/aromatic N) is 1. The fourth-order valence-electron chi connectivity index (χ4n) is 2.85. The van der Waals surface area contributed by atoms with Gasteiger partial charge in [0.25, 0.3) is 0 Å². The minimum Gasteiger partial charge on any atom is -0.326 e. The number of aromatic nitrogens is 1. The van der Waals surface area contributed by atoms with E-state index in [0.29, 0.717) is 6.04 Å². The first kappa shape index (κ1) is 12.4. The molecule has 1 aliphatic rings. The van der Waals surface area contributed by atoms with E-state index in [-0.39, 0.29) is 11.1 Å². The van der Waals surface area contributed by atoms with Gasteiger partial charge >= 0.3 is 0 Å². The van der Waals surface area contributed by atoms with Crippen molar-refractivity contribution >= 4 is 0 Å². The maximum Gasteiger partial charge on any atom is 0.248 e. The number of rotatable bonds is 1. The Bertz CT molecular complexity index is 456. The highest BCUT2D eigenvalue weighted by Crippen LogP contribution is 2.35. The summed E-state index contributed by atoms with van der Waals surface area (Å²) in [6, 6.07) is 4.07. The van der Waals surface area contributed by atoms with Gasteiger partial charge in [-0.25, -0.2) is 0 Å². The minimum atomic E-state index is 0.0165. The lowest BCUT2D eigenvalue weighted by molar-refractivity contribution is 0.0696. The third-order valence-corrected chi connectivity index (χ3v) is 3.62. The monoisotopic (exact) mass is 234 g/mol.